The lowest BCUT2D eigenvalue weighted by atomic mass is 9.93. The van der Waals surface area contributed by atoms with E-state index in [0.717, 1.165) is 26.1 Å². The molecule has 2 amide bonds. The second kappa shape index (κ2) is 9.59. The molecule has 2 rings (SSSR count). The monoisotopic (exact) mass is 337 g/mol. The van der Waals surface area contributed by atoms with Crippen molar-refractivity contribution in [2.45, 2.75) is 32.3 Å². The number of piperidine rings is 1. The molecule has 1 aromatic carbocycles. The summed E-state index contributed by atoms with van der Waals surface area (Å²) in [7, 11) is 0. The molecule has 24 heavy (non-hydrogen) atoms. The molecule has 1 unspecified atom stereocenters. The third-order valence-electron chi connectivity index (χ3n) is 4.71. The van der Waals surface area contributed by atoms with Crippen molar-refractivity contribution in [3.8, 4) is 0 Å². The molecule has 0 aromatic heterocycles. The summed E-state index contributed by atoms with van der Waals surface area (Å²) < 4.78 is 13.5. The minimum Gasteiger partial charge on any atom is -0.386 e. The summed E-state index contributed by atoms with van der Waals surface area (Å²) in [6.45, 7) is 6.18. The first-order chi connectivity index (χ1) is 11.6. The van der Waals surface area contributed by atoms with Crippen molar-refractivity contribution in [2.24, 2.45) is 5.92 Å². The third-order valence-corrected chi connectivity index (χ3v) is 4.71. The lowest BCUT2D eigenvalue weighted by molar-refractivity contribution is 0.168. The van der Waals surface area contributed by atoms with Gasteiger partial charge in [-0.1, -0.05) is 25.1 Å². The van der Waals surface area contributed by atoms with E-state index in [1.54, 1.807) is 12.1 Å². The van der Waals surface area contributed by atoms with Gasteiger partial charge in [-0.2, -0.15) is 0 Å². The number of carbonyl (C=O) groups excluding carboxylic acids is 1. The first kappa shape index (κ1) is 18.7. The molecule has 1 fully saturated rings. The average molecular weight is 337 g/mol. The minimum atomic E-state index is -1.05. The number of benzene rings is 1. The van der Waals surface area contributed by atoms with Gasteiger partial charge >= 0.3 is 6.03 Å². The first-order valence-corrected chi connectivity index (χ1v) is 8.76. The van der Waals surface area contributed by atoms with Crippen molar-refractivity contribution in [1.29, 1.82) is 0 Å². The summed E-state index contributed by atoms with van der Waals surface area (Å²) in [5, 5.41) is 15.3. The van der Waals surface area contributed by atoms with Gasteiger partial charge in [-0.15, -0.1) is 0 Å². The number of nitrogens with zero attached hydrogens (tertiary/aromatic N) is 1. The first-order valence-electron chi connectivity index (χ1n) is 8.76. The van der Waals surface area contributed by atoms with Crippen LogP contribution in [0.4, 0.5) is 9.18 Å². The van der Waals surface area contributed by atoms with Gasteiger partial charge in [0, 0.05) is 18.7 Å². The highest BCUT2D eigenvalue weighted by atomic mass is 19.1. The van der Waals surface area contributed by atoms with Crippen molar-refractivity contribution < 1.29 is 14.3 Å². The van der Waals surface area contributed by atoms with E-state index in [1.807, 2.05) is 0 Å². The van der Waals surface area contributed by atoms with E-state index in [0.29, 0.717) is 12.5 Å². The maximum Gasteiger partial charge on any atom is 0.314 e. The van der Waals surface area contributed by atoms with E-state index in [-0.39, 0.29) is 18.1 Å². The van der Waals surface area contributed by atoms with Crippen LogP contribution in [0.1, 0.15) is 37.9 Å². The van der Waals surface area contributed by atoms with E-state index in [1.165, 1.54) is 25.0 Å². The van der Waals surface area contributed by atoms with Gasteiger partial charge in [0.2, 0.25) is 0 Å². The van der Waals surface area contributed by atoms with Gasteiger partial charge in [-0.05, 0) is 50.9 Å². The van der Waals surface area contributed by atoms with Crippen LogP contribution in [0.25, 0.3) is 0 Å². The Hall–Kier alpha value is -1.66. The average Bonchev–Trinajstić information content (AvgIpc) is 2.60. The second-order valence-electron chi connectivity index (χ2n) is 6.34. The summed E-state index contributed by atoms with van der Waals surface area (Å²) in [6.07, 6.45) is 2.29. The predicted molar refractivity (Wildman–Crippen MR) is 92.2 cm³/mol. The highest BCUT2D eigenvalue weighted by molar-refractivity contribution is 5.73. The standard InChI is InChI=1S/C18H28FN3O2/c1-2-22-11-8-14(9-12-22)7-10-20-18(24)21-13-17(23)15-5-3-4-6-16(15)19/h3-6,14,17,23H,2,7-13H2,1H3,(H2,20,21,24). The number of halogens is 1. The van der Waals surface area contributed by atoms with Crippen LogP contribution >= 0.6 is 0 Å². The van der Waals surface area contributed by atoms with Gasteiger partial charge in [-0.25, -0.2) is 9.18 Å². The summed E-state index contributed by atoms with van der Waals surface area (Å²) in [4.78, 5) is 14.2. The Morgan fingerprint density at radius 2 is 2.04 bits per heavy atom. The lowest BCUT2D eigenvalue weighted by Gasteiger charge is -2.31. The van der Waals surface area contributed by atoms with Gasteiger partial charge in [0.15, 0.2) is 0 Å². The van der Waals surface area contributed by atoms with E-state index in [9.17, 15) is 14.3 Å². The number of amides is 2. The van der Waals surface area contributed by atoms with Gasteiger partial charge in [0.05, 0.1) is 6.10 Å². The molecule has 1 aliphatic heterocycles. The zero-order valence-corrected chi connectivity index (χ0v) is 14.3. The Labute approximate surface area is 143 Å². The largest absolute Gasteiger partial charge is 0.386 e. The molecule has 0 spiro atoms. The Kier molecular flexibility index (Phi) is 7.46. The normalized spacial score (nSPS) is 17.5. The topological polar surface area (TPSA) is 64.6 Å². The summed E-state index contributed by atoms with van der Waals surface area (Å²) in [5.41, 5.74) is 0.195. The molecular weight excluding hydrogens is 309 g/mol. The molecule has 0 saturated carbocycles. The Morgan fingerprint density at radius 1 is 1.33 bits per heavy atom. The zero-order chi connectivity index (χ0) is 17.4. The predicted octanol–water partition coefficient (Wildman–Crippen LogP) is 2.28. The smallest absolute Gasteiger partial charge is 0.314 e. The van der Waals surface area contributed by atoms with Crippen LogP contribution in [0.2, 0.25) is 0 Å². The number of aliphatic hydroxyl groups is 1. The number of hydrogen-bond acceptors (Lipinski definition) is 3. The lowest BCUT2D eigenvalue weighted by Crippen LogP contribution is -2.39. The van der Waals surface area contributed by atoms with Gasteiger partial charge in [-0.3, -0.25) is 0 Å². The van der Waals surface area contributed by atoms with Crippen LogP contribution in [-0.4, -0.2) is 48.8 Å². The van der Waals surface area contributed by atoms with Gasteiger partial charge in [0.1, 0.15) is 5.82 Å². The van der Waals surface area contributed by atoms with Crippen LogP contribution in [-0.2, 0) is 0 Å². The molecule has 1 saturated heterocycles. The Bertz CT molecular complexity index is 519. The van der Waals surface area contributed by atoms with Crippen LogP contribution in [0, 0.1) is 11.7 Å². The van der Waals surface area contributed by atoms with Crippen LogP contribution in [0.15, 0.2) is 24.3 Å². The van der Waals surface area contributed by atoms with Gasteiger partial charge < -0.3 is 20.6 Å². The Morgan fingerprint density at radius 3 is 2.71 bits per heavy atom. The van der Waals surface area contributed by atoms with E-state index < -0.39 is 11.9 Å². The molecule has 6 heteroatoms. The number of rotatable bonds is 7. The molecule has 1 atom stereocenters. The third kappa shape index (κ3) is 5.76. The minimum absolute atomic E-state index is 0.0122. The summed E-state index contributed by atoms with van der Waals surface area (Å²) in [5.74, 6) is 0.197. The second-order valence-corrected chi connectivity index (χ2v) is 6.34. The number of urea groups is 1. The molecule has 0 aliphatic carbocycles. The van der Waals surface area contributed by atoms with Gasteiger partial charge in [0.25, 0.3) is 0 Å². The number of nitrogens with one attached hydrogen (secondary N) is 2. The van der Waals surface area contributed by atoms with Crippen LogP contribution < -0.4 is 10.6 Å². The number of hydrogen-bond donors (Lipinski definition) is 3. The molecule has 3 N–H and O–H groups in total. The van der Waals surface area contributed by atoms with E-state index in [4.69, 9.17) is 0 Å². The fourth-order valence-corrected chi connectivity index (χ4v) is 3.09. The molecular formula is C18H28FN3O2. The molecule has 134 valence electrons. The van der Waals surface area contributed by atoms with Crippen molar-refractivity contribution in [3.63, 3.8) is 0 Å². The Balaban J connectivity index is 1.61. The SMILES string of the molecule is CCN1CCC(CCNC(=O)NCC(O)c2ccccc2F)CC1. The molecule has 1 aliphatic rings. The maximum atomic E-state index is 13.5. The van der Waals surface area contributed by atoms with Crippen molar-refractivity contribution in [2.75, 3.05) is 32.7 Å². The number of carbonyl (C=O) groups is 1. The molecule has 1 heterocycles. The summed E-state index contributed by atoms with van der Waals surface area (Å²) >= 11 is 0. The highest BCUT2D eigenvalue weighted by Crippen LogP contribution is 2.19. The zero-order valence-electron chi connectivity index (χ0n) is 14.3. The highest BCUT2D eigenvalue weighted by Gasteiger charge is 2.18. The number of likely N-dealkylation sites (tertiary alicyclic amines) is 1. The van der Waals surface area contributed by atoms with Crippen molar-refractivity contribution in [1.82, 2.24) is 15.5 Å². The van der Waals surface area contributed by atoms with Crippen LogP contribution in [0.3, 0.4) is 0 Å². The fraction of sp³-hybridized carbons (Fsp3) is 0.611. The quantitative estimate of drug-likeness (QED) is 0.715. The fourth-order valence-electron chi connectivity index (χ4n) is 3.09. The molecule has 1 aromatic rings. The molecule has 0 bridgehead atoms. The summed E-state index contributed by atoms with van der Waals surface area (Å²) in [6, 6.07) is 5.71. The van der Waals surface area contributed by atoms with Crippen molar-refractivity contribution in [3.05, 3.63) is 35.6 Å². The van der Waals surface area contributed by atoms with Crippen LogP contribution in [0.5, 0.6) is 0 Å². The maximum absolute atomic E-state index is 13.5. The van der Waals surface area contributed by atoms with E-state index in [2.05, 4.69) is 22.5 Å². The van der Waals surface area contributed by atoms with E-state index >= 15 is 0 Å². The number of aliphatic hydroxyl groups excluding tert-OH is 1. The molecule has 5 nitrogen and oxygen atoms in total. The molecule has 0 radical (unpaired) electrons. The van der Waals surface area contributed by atoms with Crippen molar-refractivity contribution >= 4 is 6.03 Å².